The minimum absolute atomic E-state index is 0.0606. The summed E-state index contributed by atoms with van der Waals surface area (Å²) in [6, 6.07) is 7.61. The second-order valence-electron chi connectivity index (χ2n) is 4.04. The molecule has 0 spiro atoms. The zero-order valence-corrected chi connectivity index (χ0v) is 10.1. The fraction of sp³-hybridized carbons (Fsp3) is 0.286. The summed E-state index contributed by atoms with van der Waals surface area (Å²) in [5.41, 5.74) is 1.08. The first-order valence-corrected chi connectivity index (χ1v) is 6.02. The lowest BCUT2D eigenvalue weighted by Crippen LogP contribution is -2.25. The van der Waals surface area contributed by atoms with Crippen molar-refractivity contribution in [2.24, 2.45) is 0 Å². The number of hydrogen-bond acceptors (Lipinski definition) is 3. The third kappa shape index (κ3) is 4.05. The Bertz CT molecular complexity index is 466. The van der Waals surface area contributed by atoms with Crippen LogP contribution in [-0.4, -0.2) is 17.4 Å². The number of pyridine rings is 1. The highest BCUT2D eigenvalue weighted by atomic mass is 16.3. The lowest BCUT2D eigenvalue weighted by molar-refractivity contribution is -0.121. The smallest absolute Gasteiger partial charge is 0.220 e. The average molecular weight is 244 g/mol. The molecular weight excluding hydrogens is 228 g/mol. The van der Waals surface area contributed by atoms with Crippen molar-refractivity contribution in [3.63, 3.8) is 0 Å². The number of carbonyl (C=O) groups is 1. The molecule has 2 aromatic heterocycles. The molecule has 0 radical (unpaired) electrons. The third-order valence-electron chi connectivity index (χ3n) is 2.64. The van der Waals surface area contributed by atoms with Crippen LogP contribution in [0.3, 0.4) is 0 Å². The van der Waals surface area contributed by atoms with E-state index in [9.17, 15) is 4.79 Å². The van der Waals surface area contributed by atoms with Gasteiger partial charge in [-0.3, -0.25) is 9.78 Å². The normalized spacial score (nSPS) is 10.2. The first-order chi connectivity index (χ1) is 8.84. The van der Waals surface area contributed by atoms with Crippen molar-refractivity contribution in [1.82, 2.24) is 10.3 Å². The van der Waals surface area contributed by atoms with Crippen molar-refractivity contribution in [2.45, 2.75) is 19.3 Å². The molecule has 2 rings (SSSR count). The van der Waals surface area contributed by atoms with Crippen LogP contribution in [0.15, 0.2) is 47.3 Å². The number of aromatic nitrogens is 1. The van der Waals surface area contributed by atoms with E-state index >= 15 is 0 Å². The van der Waals surface area contributed by atoms with Gasteiger partial charge in [-0.1, -0.05) is 6.07 Å². The van der Waals surface area contributed by atoms with Crippen molar-refractivity contribution in [3.8, 4) is 0 Å². The van der Waals surface area contributed by atoms with E-state index in [-0.39, 0.29) is 5.91 Å². The summed E-state index contributed by atoms with van der Waals surface area (Å²) < 4.78 is 5.19. The maximum atomic E-state index is 11.6. The van der Waals surface area contributed by atoms with Crippen LogP contribution in [0.5, 0.6) is 0 Å². The Morgan fingerprint density at radius 1 is 1.28 bits per heavy atom. The Labute approximate surface area is 106 Å². The van der Waals surface area contributed by atoms with Crippen LogP contribution in [0.25, 0.3) is 0 Å². The highest BCUT2D eigenvalue weighted by molar-refractivity contribution is 5.76. The molecule has 0 bridgehead atoms. The number of carbonyl (C=O) groups excluding carboxylic acids is 1. The minimum Gasteiger partial charge on any atom is -0.469 e. The zero-order valence-electron chi connectivity index (χ0n) is 10.1. The highest BCUT2D eigenvalue weighted by Crippen LogP contribution is 2.01. The summed E-state index contributed by atoms with van der Waals surface area (Å²) in [6.45, 7) is 0.611. The van der Waals surface area contributed by atoms with Gasteiger partial charge in [0.25, 0.3) is 0 Å². The monoisotopic (exact) mass is 244 g/mol. The lowest BCUT2D eigenvalue weighted by atomic mass is 10.1. The van der Waals surface area contributed by atoms with Gasteiger partial charge in [0, 0.05) is 31.8 Å². The van der Waals surface area contributed by atoms with E-state index in [1.807, 2.05) is 24.3 Å². The maximum Gasteiger partial charge on any atom is 0.220 e. The van der Waals surface area contributed by atoms with E-state index in [0.717, 1.165) is 24.2 Å². The number of nitrogens with one attached hydrogen (secondary N) is 1. The van der Waals surface area contributed by atoms with Gasteiger partial charge >= 0.3 is 0 Å². The quantitative estimate of drug-likeness (QED) is 0.845. The molecule has 0 saturated heterocycles. The van der Waals surface area contributed by atoms with Crippen molar-refractivity contribution in [3.05, 3.63) is 54.2 Å². The molecule has 0 fully saturated rings. The van der Waals surface area contributed by atoms with Crippen molar-refractivity contribution in [2.75, 3.05) is 6.54 Å². The predicted molar refractivity (Wildman–Crippen MR) is 68.0 cm³/mol. The molecule has 0 saturated carbocycles. The van der Waals surface area contributed by atoms with Gasteiger partial charge in [0.05, 0.1) is 6.26 Å². The van der Waals surface area contributed by atoms with Gasteiger partial charge in [0.1, 0.15) is 5.76 Å². The lowest BCUT2D eigenvalue weighted by Gasteiger charge is -2.04. The van der Waals surface area contributed by atoms with Gasteiger partial charge in [0.15, 0.2) is 0 Å². The summed E-state index contributed by atoms with van der Waals surface area (Å²) in [5, 5.41) is 2.87. The van der Waals surface area contributed by atoms with Gasteiger partial charge in [-0.15, -0.1) is 0 Å². The van der Waals surface area contributed by atoms with Gasteiger partial charge in [-0.2, -0.15) is 0 Å². The molecule has 4 heteroatoms. The zero-order chi connectivity index (χ0) is 12.6. The number of amides is 1. The van der Waals surface area contributed by atoms with Gasteiger partial charge in [-0.25, -0.2) is 0 Å². The third-order valence-corrected chi connectivity index (χ3v) is 2.64. The molecule has 2 heterocycles. The van der Waals surface area contributed by atoms with Crippen LogP contribution in [0.4, 0.5) is 0 Å². The molecule has 18 heavy (non-hydrogen) atoms. The molecule has 1 amide bonds. The minimum atomic E-state index is 0.0606. The molecule has 4 nitrogen and oxygen atoms in total. The molecular formula is C14H16N2O2. The fourth-order valence-corrected chi connectivity index (χ4v) is 1.67. The summed E-state index contributed by atoms with van der Waals surface area (Å²) in [5.74, 6) is 0.952. The SMILES string of the molecule is O=C(CCc1cccnc1)NCCc1ccco1. The van der Waals surface area contributed by atoms with Crippen LogP contribution >= 0.6 is 0 Å². The molecule has 0 atom stereocenters. The Balaban J connectivity index is 1.63. The van der Waals surface area contributed by atoms with Crippen LogP contribution in [0.1, 0.15) is 17.7 Å². The molecule has 0 aliphatic rings. The number of rotatable bonds is 6. The van der Waals surface area contributed by atoms with Crippen molar-refractivity contribution < 1.29 is 9.21 Å². The second kappa shape index (κ2) is 6.59. The van der Waals surface area contributed by atoms with E-state index in [1.165, 1.54) is 0 Å². The van der Waals surface area contributed by atoms with Crippen LogP contribution in [0, 0.1) is 0 Å². The summed E-state index contributed by atoms with van der Waals surface area (Å²) >= 11 is 0. The fourth-order valence-electron chi connectivity index (χ4n) is 1.67. The summed E-state index contributed by atoms with van der Waals surface area (Å²) in [6.07, 6.45) is 7.10. The van der Waals surface area contributed by atoms with Crippen LogP contribution in [0.2, 0.25) is 0 Å². The van der Waals surface area contributed by atoms with Gasteiger partial charge < -0.3 is 9.73 Å². The second-order valence-corrected chi connectivity index (χ2v) is 4.04. The highest BCUT2D eigenvalue weighted by Gasteiger charge is 2.02. The van der Waals surface area contributed by atoms with E-state index < -0.39 is 0 Å². The molecule has 0 aliphatic carbocycles. The first kappa shape index (κ1) is 12.4. The predicted octanol–water partition coefficient (Wildman–Crippen LogP) is 1.97. The topological polar surface area (TPSA) is 55.1 Å². The number of furan rings is 1. The Morgan fingerprint density at radius 2 is 2.22 bits per heavy atom. The van der Waals surface area contributed by atoms with Crippen molar-refractivity contribution >= 4 is 5.91 Å². The van der Waals surface area contributed by atoms with Crippen molar-refractivity contribution in [1.29, 1.82) is 0 Å². The molecule has 0 aliphatic heterocycles. The van der Waals surface area contributed by atoms with Gasteiger partial charge in [0.2, 0.25) is 5.91 Å². The van der Waals surface area contributed by atoms with E-state index in [4.69, 9.17) is 4.42 Å². The Morgan fingerprint density at radius 3 is 2.94 bits per heavy atom. The maximum absolute atomic E-state index is 11.6. The standard InChI is InChI=1S/C14H16N2O2/c17-14(6-5-12-3-1-8-15-11-12)16-9-7-13-4-2-10-18-13/h1-4,8,10-11H,5-7,9H2,(H,16,17). The molecule has 1 N–H and O–H groups in total. The average Bonchev–Trinajstić information content (AvgIpc) is 2.91. The number of hydrogen-bond donors (Lipinski definition) is 1. The Kier molecular flexibility index (Phi) is 4.53. The molecule has 94 valence electrons. The summed E-state index contributed by atoms with van der Waals surface area (Å²) in [4.78, 5) is 15.6. The molecule has 2 aromatic rings. The van der Waals surface area contributed by atoms with Gasteiger partial charge in [-0.05, 0) is 30.2 Å². The Hall–Kier alpha value is -2.10. The largest absolute Gasteiger partial charge is 0.469 e. The molecule has 0 aromatic carbocycles. The first-order valence-electron chi connectivity index (χ1n) is 6.02. The number of aryl methyl sites for hydroxylation is 1. The molecule has 0 unspecified atom stereocenters. The summed E-state index contributed by atoms with van der Waals surface area (Å²) in [7, 11) is 0. The van der Waals surface area contributed by atoms with Crippen LogP contribution in [-0.2, 0) is 17.6 Å². The van der Waals surface area contributed by atoms with E-state index in [0.29, 0.717) is 13.0 Å². The van der Waals surface area contributed by atoms with Crippen LogP contribution < -0.4 is 5.32 Å². The van der Waals surface area contributed by atoms with E-state index in [1.54, 1.807) is 18.7 Å². The van der Waals surface area contributed by atoms with E-state index in [2.05, 4.69) is 10.3 Å². The number of nitrogens with zero attached hydrogens (tertiary/aromatic N) is 1.